The first-order valence-electron chi connectivity index (χ1n) is 6.03. The van der Waals surface area contributed by atoms with Crippen molar-refractivity contribution in [3.8, 4) is 0 Å². The van der Waals surface area contributed by atoms with Gasteiger partial charge in [-0.2, -0.15) is 0 Å². The number of ether oxygens (including phenoxy) is 2. The van der Waals surface area contributed by atoms with E-state index in [2.05, 4.69) is 4.52 Å². The number of methoxy groups -OCH3 is 1. The lowest BCUT2D eigenvalue weighted by molar-refractivity contribution is -0.117. The minimum absolute atomic E-state index is 0.103. The Morgan fingerprint density at radius 2 is 2.05 bits per heavy atom. The van der Waals surface area contributed by atoms with E-state index in [4.69, 9.17) is 19.3 Å². The number of nitrogens with one attached hydrogen (secondary N) is 1. The third kappa shape index (κ3) is 6.20. The molecule has 22 heavy (non-hydrogen) atoms. The molecule has 1 rings (SSSR count). The number of aliphatic hydroxyl groups is 1. The molecule has 0 fully saturated rings. The first-order chi connectivity index (χ1) is 10.3. The molecule has 11 nitrogen and oxygen atoms in total. The molecule has 1 unspecified atom stereocenters. The van der Waals surface area contributed by atoms with Gasteiger partial charge in [0.05, 0.1) is 19.8 Å². The number of hydrogen-bond donors (Lipinski definition) is 4. The van der Waals surface area contributed by atoms with Crippen LogP contribution in [-0.2, 0) is 18.6 Å². The summed E-state index contributed by atoms with van der Waals surface area (Å²) in [6.45, 7) is -1.25. The number of nitrogens with zero attached hydrogens (tertiary/aromatic N) is 1. The van der Waals surface area contributed by atoms with Gasteiger partial charge in [0.2, 0.25) is 0 Å². The van der Waals surface area contributed by atoms with Gasteiger partial charge in [0, 0.05) is 19.4 Å². The van der Waals surface area contributed by atoms with Crippen LogP contribution in [0.2, 0.25) is 0 Å². The van der Waals surface area contributed by atoms with Crippen LogP contribution in [0.1, 0.15) is 6.23 Å². The van der Waals surface area contributed by atoms with E-state index < -0.39 is 44.6 Å². The molecule has 1 aromatic rings. The molecule has 0 amide bonds. The third-order valence-electron chi connectivity index (χ3n) is 2.45. The standard InChI is InChI=1S/C10H17N2O9P/c1-19-5-7(6-20-22(16,17)18)21-9(4-13)12-3-2-8(14)11-10(12)15/h2-3,7,9,13H,4-6H2,1H3,(H,11,14,15)(H2,16,17,18)/t7?,9-/m1/s1. The minimum Gasteiger partial charge on any atom is -0.392 e. The fourth-order valence-electron chi connectivity index (χ4n) is 1.57. The summed E-state index contributed by atoms with van der Waals surface area (Å²) in [4.78, 5) is 41.9. The van der Waals surface area contributed by atoms with Gasteiger partial charge >= 0.3 is 13.5 Å². The summed E-state index contributed by atoms with van der Waals surface area (Å²) in [6.07, 6.45) is -1.03. The molecule has 0 saturated carbocycles. The quantitative estimate of drug-likeness (QED) is 0.379. The Morgan fingerprint density at radius 3 is 2.55 bits per heavy atom. The van der Waals surface area contributed by atoms with Crippen LogP contribution >= 0.6 is 7.82 Å². The van der Waals surface area contributed by atoms with Crippen molar-refractivity contribution in [3.63, 3.8) is 0 Å². The van der Waals surface area contributed by atoms with E-state index in [-0.39, 0.29) is 6.61 Å². The lowest BCUT2D eigenvalue weighted by Gasteiger charge is -2.24. The maximum atomic E-state index is 11.6. The number of aromatic nitrogens is 2. The van der Waals surface area contributed by atoms with Crippen molar-refractivity contribution in [1.29, 1.82) is 0 Å². The fourth-order valence-corrected chi connectivity index (χ4v) is 1.93. The highest BCUT2D eigenvalue weighted by Crippen LogP contribution is 2.36. The zero-order valence-electron chi connectivity index (χ0n) is 11.6. The second-order valence-electron chi connectivity index (χ2n) is 4.15. The highest BCUT2D eigenvalue weighted by Gasteiger charge is 2.23. The number of aromatic amines is 1. The van der Waals surface area contributed by atoms with Crippen LogP contribution in [0.5, 0.6) is 0 Å². The second-order valence-corrected chi connectivity index (χ2v) is 5.39. The maximum absolute atomic E-state index is 11.6. The molecule has 4 N–H and O–H groups in total. The zero-order chi connectivity index (χ0) is 16.8. The average Bonchev–Trinajstić information content (AvgIpc) is 2.42. The number of rotatable bonds is 9. The lowest BCUT2D eigenvalue weighted by atomic mass is 10.4. The smallest absolute Gasteiger partial charge is 0.392 e. The molecule has 0 radical (unpaired) electrons. The van der Waals surface area contributed by atoms with E-state index >= 15 is 0 Å². The van der Waals surface area contributed by atoms with E-state index in [9.17, 15) is 19.3 Å². The minimum atomic E-state index is -4.70. The maximum Gasteiger partial charge on any atom is 0.469 e. The monoisotopic (exact) mass is 340 g/mol. The molecule has 0 aromatic carbocycles. The summed E-state index contributed by atoms with van der Waals surface area (Å²) in [5.41, 5.74) is -1.42. The van der Waals surface area contributed by atoms with Crippen molar-refractivity contribution in [3.05, 3.63) is 33.1 Å². The third-order valence-corrected chi connectivity index (χ3v) is 2.93. The highest BCUT2D eigenvalue weighted by atomic mass is 31.2. The first-order valence-corrected chi connectivity index (χ1v) is 7.56. The highest BCUT2D eigenvalue weighted by molar-refractivity contribution is 7.46. The van der Waals surface area contributed by atoms with Crippen molar-refractivity contribution >= 4 is 7.82 Å². The summed E-state index contributed by atoms with van der Waals surface area (Å²) in [6, 6.07) is 1.06. The number of H-pyrrole nitrogens is 1. The van der Waals surface area contributed by atoms with Crippen molar-refractivity contribution < 1.29 is 33.5 Å². The molecule has 1 heterocycles. The van der Waals surface area contributed by atoms with Gasteiger partial charge in [0.25, 0.3) is 5.56 Å². The SMILES string of the molecule is COCC(COP(=O)(O)O)O[C@H](CO)n1ccc(=O)[nH]c1=O. The van der Waals surface area contributed by atoms with E-state index in [1.165, 1.54) is 7.11 Å². The largest absolute Gasteiger partial charge is 0.469 e. The van der Waals surface area contributed by atoms with E-state index in [1.807, 2.05) is 4.98 Å². The summed E-state index contributed by atoms with van der Waals surface area (Å²) < 4.78 is 26.1. The van der Waals surface area contributed by atoms with Gasteiger partial charge in [-0.05, 0) is 0 Å². The topological polar surface area (TPSA) is 160 Å². The Labute approximate surface area is 124 Å². The van der Waals surface area contributed by atoms with Crippen LogP contribution in [0.15, 0.2) is 21.9 Å². The van der Waals surface area contributed by atoms with E-state index in [1.54, 1.807) is 0 Å². The average molecular weight is 340 g/mol. The Bertz CT molecular complexity index is 621. The first kappa shape index (κ1) is 18.7. The molecule has 126 valence electrons. The molecule has 0 aliphatic heterocycles. The normalized spacial score (nSPS) is 14.7. The molecule has 0 aliphatic rings. The molecule has 0 spiro atoms. The van der Waals surface area contributed by atoms with Crippen molar-refractivity contribution in [2.75, 3.05) is 26.9 Å². The molecule has 0 saturated heterocycles. The van der Waals surface area contributed by atoms with Gasteiger partial charge in [-0.15, -0.1) is 0 Å². The van der Waals surface area contributed by atoms with Crippen LogP contribution in [0.25, 0.3) is 0 Å². The molecular formula is C10H17N2O9P. The Kier molecular flexibility index (Phi) is 7.10. The van der Waals surface area contributed by atoms with Gasteiger partial charge in [-0.3, -0.25) is 18.9 Å². The molecule has 0 bridgehead atoms. The van der Waals surface area contributed by atoms with Crippen molar-refractivity contribution in [1.82, 2.24) is 9.55 Å². The van der Waals surface area contributed by atoms with Gasteiger partial charge in [0.1, 0.15) is 6.10 Å². The van der Waals surface area contributed by atoms with Crippen LogP contribution < -0.4 is 11.2 Å². The Morgan fingerprint density at radius 1 is 1.36 bits per heavy atom. The van der Waals surface area contributed by atoms with Crippen LogP contribution in [0, 0.1) is 0 Å². The van der Waals surface area contributed by atoms with E-state index in [0.717, 1.165) is 16.8 Å². The fraction of sp³-hybridized carbons (Fsp3) is 0.600. The predicted octanol–water partition coefficient (Wildman–Crippen LogP) is -1.83. The molecular weight excluding hydrogens is 323 g/mol. The van der Waals surface area contributed by atoms with E-state index in [0.29, 0.717) is 0 Å². The number of phosphoric ester groups is 1. The van der Waals surface area contributed by atoms with Crippen molar-refractivity contribution in [2.45, 2.75) is 12.3 Å². The van der Waals surface area contributed by atoms with Crippen LogP contribution in [0.4, 0.5) is 0 Å². The summed E-state index contributed by atoms with van der Waals surface area (Å²) >= 11 is 0. The van der Waals surface area contributed by atoms with Gasteiger partial charge in [-0.1, -0.05) is 0 Å². The predicted molar refractivity (Wildman–Crippen MR) is 72.2 cm³/mol. The lowest BCUT2D eigenvalue weighted by Crippen LogP contribution is -2.37. The zero-order valence-corrected chi connectivity index (χ0v) is 12.5. The molecule has 2 atom stereocenters. The summed E-state index contributed by atoms with van der Waals surface area (Å²) in [7, 11) is -3.37. The molecule has 12 heteroatoms. The van der Waals surface area contributed by atoms with Crippen molar-refractivity contribution in [2.24, 2.45) is 0 Å². The molecule has 0 aliphatic carbocycles. The summed E-state index contributed by atoms with van der Waals surface area (Å²) in [5.74, 6) is 0. The van der Waals surface area contributed by atoms with Gasteiger partial charge in [0.15, 0.2) is 6.23 Å². The van der Waals surface area contributed by atoms with Gasteiger partial charge < -0.3 is 24.4 Å². The number of aliphatic hydroxyl groups excluding tert-OH is 1. The molecule has 1 aromatic heterocycles. The Hall–Kier alpha value is -1.33. The second kappa shape index (κ2) is 8.34. The van der Waals surface area contributed by atoms with Crippen LogP contribution in [-0.4, -0.2) is 57.5 Å². The number of hydrogen-bond acceptors (Lipinski definition) is 7. The van der Waals surface area contributed by atoms with Gasteiger partial charge in [-0.25, -0.2) is 9.36 Å². The summed E-state index contributed by atoms with van der Waals surface area (Å²) in [5, 5.41) is 9.31. The number of phosphoric acid groups is 1. The van der Waals surface area contributed by atoms with Crippen LogP contribution in [0.3, 0.4) is 0 Å². The Balaban J connectivity index is 2.85.